The maximum Gasteiger partial charge on any atom is 0.237 e. The molecule has 0 radical (unpaired) electrons. The van der Waals surface area contributed by atoms with Crippen LogP contribution >= 0.6 is 11.3 Å². The van der Waals surface area contributed by atoms with E-state index in [9.17, 15) is 4.79 Å². The molecular formula is C21H27N3O2S. The molecule has 1 aromatic heterocycles. The molecule has 0 bridgehead atoms. The van der Waals surface area contributed by atoms with Crippen LogP contribution in [-0.4, -0.2) is 62.1 Å². The zero-order valence-corrected chi connectivity index (χ0v) is 16.7. The van der Waals surface area contributed by atoms with E-state index in [4.69, 9.17) is 4.74 Å². The number of nitrogens with zero attached hydrogens (tertiary/aromatic N) is 3. The molecule has 2 aliphatic heterocycles. The number of carbonyl (C=O) groups is 1. The number of carbonyl (C=O) groups excluding carboxylic acids is 1. The van der Waals surface area contributed by atoms with Gasteiger partial charge in [0.15, 0.2) is 0 Å². The summed E-state index contributed by atoms with van der Waals surface area (Å²) in [5, 5.41) is 2.11. The molecule has 2 fully saturated rings. The van der Waals surface area contributed by atoms with E-state index in [1.807, 2.05) is 12.1 Å². The fraction of sp³-hybridized carbons (Fsp3) is 0.476. The summed E-state index contributed by atoms with van der Waals surface area (Å²) in [6.45, 7) is 5.19. The van der Waals surface area contributed by atoms with Gasteiger partial charge >= 0.3 is 0 Å². The second kappa shape index (κ2) is 8.31. The van der Waals surface area contributed by atoms with E-state index in [-0.39, 0.29) is 11.9 Å². The third kappa shape index (κ3) is 4.12. The standard InChI is InChI=1S/C21H27N3O2S/c1-26-18-8-6-17(7-9-18)23-13-11-22(12-14-23)16-21(25)24-10-2-4-19(24)20-5-3-15-27-20/h3,5-9,15,19H,2,4,10-14,16H2,1H3. The zero-order chi connectivity index (χ0) is 18.6. The molecule has 0 N–H and O–H groups in total. The van der Waals surface area contributed by atoms with Crippen LogP contribution in [0.3, 0.4) is 0 Å². The molecule has 2 aromatic rings. The van der Waals surface area contributed by atoms with E-state index in [0.29, 0.717) is 6.54 Å². The third-order valence-electron chi connectivity index (χ3n) is 5.61. The van der Waals surface area contributed by atoms with Crippen LogP contribution in [0.1, 0.15) is 23.8 Å². The minimum atomic E-state index is 0.281. The molecular weight excluding hydrogens is 358 g/mol. The fourth-order valence-corrected chi connectivity index (χ4v) is 4.95. The highest BCUT2D eigenvalue weighted by molar-refractivity contribution is 7.10. The Labute approximate surface area is 165 Å². The van der Waals surface area contributed by atoms with Gasteiger partial charge in [-0.05, 0) is 48.6 Å². The zero-order valence-electron chi connectivity index (χ0n) is 15.8. The first-order valence-corrected chi connectivity index (χ1v) is 10.6. The molecule has 0 spiro atoms. The molecule has 3 heterocycles. The quantitative estimate of drug-likeness (QED) is 0.792. The Morgan fingerprint density at radius 2 is 1.89 bits per heavy atom. The lowest BCUT2D eigenvalue weighted by molar-refractivity contribution is -0.133. The SMILES string of the molecule is COc1ccc(N2CCN(CC(=O)N3CCCC3c3cccs3)CC2)cc1. The summed E-state index contributed by atoms with van der Waals surface area (Å²) in [6, 6.07) is 12.8. The Balaban J connectivity index is 1.30. The molecule has 1 atom stereocenters. The van der Waals surface area contributed by atoms with E-state index < -0.39 is 0 Å². The lowest BCUT2D eigenvalue weighted by atomic mass is 10.2. The normalized spacial score (nSPS) is 20.9. The number of methoxy groups -OCH3 is 1. The molecule has 4 rings (SSSR count). The average molecular weight is 386 g/mol. The van der Waals surface area contributed by atoms with Gasteiger partial charge in [0.25, 0.3) is 0 Å². The second-order valence-corrected chi connectivity index (χ2v) is 8.20. The van der Waals surface area contributed by atoms with Crippen molar-refractivity contribution in [1.29, 1.82) is 0 Å². The van der Waals surface area contributed by atoms with Crippen molar-refractivity contribution < 1.29 is 9.53 Å². The number of ether oxygens (including phenoxy) is 1. The van der Waals surface area contributed by atoms with Gasteiger partial charge in [0.1, 0.15) is 5.75 Å². The van der Waals surface area contributed by atoms with Gasteiger partial charge in [-0.25, -0.2) is 0 Å². The number of anilines is 1. The third-order valence-corrected chi connectivity index (χ3v) is 6.59. The van der Waals surface area contributed by atoms with Crippen molar-refractivity contribution in [3.63, 3.8) is 0 Å². The summed E-state index contributed by atoms with van der Waals surface area (Å²) >= 11 is 1.76. The minimum absolute atomic E-state index is 0.281. The summed E-state index contributed by atoms with van der Waals surface area (Å²) in [6.07, 6.45) is 2.21. The number of hydrogen-bond acceptors (Lipinski definition) is 5. The van der Waals surface area contributed by atoms with Crippen LogP contribution in [0, 0.1) is 0 Å². The van der Waals surface area contributed by atoms with Crippen molar-refractivity contribution in [2.45, 2.75) is 18.9 Å². The highest BCUT2D eigenvalue weighted by Gasteiger charge is 2.31. The van der Waals surface area contributed by atoms with Gasteiger partial charge in [-0.1, -0.05) is 6.07 Å². The molecule has 1 unspecified atom stereocenters. The van der Waals surface area contributed by atoms with E-state index in [0.717, 1.165) is 51.3 Å². The van der Waals surface area contributed by atoms with Crippen LogP contribution in [0.5, 0.6) is 5.75 Å². The maximum absolute atomic E-state index is 12.9. The molecule has 1 amide bonds. The van der Waals surface area contributed by atoms with Crippen molar-refractivity contribution in [3.05, 3.63) is 46.7 Å². The highest BCUT2D eigenvalue weighted by Crippen LogP contribution is 2.34. The number of hydrogen-bond donors (Lipinski definition) is 0. The van der Waals surface area contributed by atoms with Crippen LogP contribution in [0.2, 0.25) is 0 Å². The molecule has 27 heavy (non-hydrogen) atoms. The lowest BCUT2D eigenvalue weighted by Crippen LogP contribution is -2.50. The summed E-state index contributed by atoms with van der Waals surface area (Å²) < 4.78 is 5.23. The Kier molecular flexibility index (Phi) is 5.64. The second-order valence-electron chi connectivity index (χ2n) is 7.22. The summed E-state index contributed by atoms with van der Waals surface area (Å²) in [7, 11) is 1.69. The van der Waals surface area contributed by atoms with Crippen molar-refractivity contribution in [2.24, 2.45) is 0 Å². The molecule has 144 valence electrons. The first kappa shape index (κ1) is 18.3. The first-order chi connectivity index (χ1) is 13.2. The predicted molar refractivity (Wildman–Crippen MR) is 110 cm³/mol. The highest BCUT2D eigenvalue weighted by atomic mass is 32.1. The average Bonchev–Trinajstić information content (AvgIpc) is 3.40. The number of amides is 1. The van der Waals surface area contributed by atoms with E-state index >= 15 is 0 Å². The number of rotatable bonds is 5. The molecule has 0 aliphatic carbocycles. The largest absolute Gasteiger partial charge is 0.497 e. The summed E-state index contributed by atoms with van der Waals surface area (Å²) in [5.74, 6) is 1.16. The first-order valence-electron chi connectivity index (χ1n) is 9.69. The van der Waals surface area contributed by atoms with Crippen molar-refractivity contribution in [1.82, 2.24) is 9.80 Å². The van der Waals surface area contributed by atoms with Crippen LogP contribution < -0.4 is 9.64 Å². The van der Waals surface area contributed by atoms with Gasteiger partial charge in [-0.15, -0.1) is 11.3 Å². The van der Waals surface area contributed by atoms with E-state index in [2.05, 4.69) is 44.3 Å². The number of piperazine rings is 1. The summed E-state index contributed by atoms with van der Waals surface area (Å²) in [4.78, 5) is 21.0. The van der Waals surface area contributed by atoms with Gasteiger partial charge in [-0.3, -0.25) is 9.69 Å². The van der Waals surface area contributed by atoms with E-state index in [1.165, 1.54) is 10.6 Å². The van der Waals surface area contributed by atoms with Gasteiger partial charge < -0.3 is 14.5 Å². The minimum Gasteiger partial charge on any atom is -0.497 e. The van der Waals surface area contributed by atoms with Gasteiger partial charge in [0, 0.05) is 43.3 Å². The molecule has 5 nitrogen and oxygen atoms in total. The van der Waals surface area contributed by atoms with Gasteiger partial charge in [-0.2, -0.15) is 0 Å². The van der Waals surface area contributed by atoms with Crippen LogP contribution in [0.4, 0.5) is 5.69 Å². The van der Waals surface area contributed by atoms with Gasteiger partial charge in [0.05, 0.1) is 19.7 Å². The Hall–Kier alpha value is -2.05. The molecule has 2 saturated heterocycles. The van der Waals surface area contributed by atoms with Gasteiger partial charge in [0.2, 0.25) is 5.91 Å². The molecule has 1 aromatic carbocycles. The number of thiophene rings is 1. The molecule has 6 heteroatoms. The number of likely N-dealkylation sites (tertiary alicyclic amines) is 1. The van der Waals surface area contributed by atoms with E-state index in [1.54, 1.807) is 18.4 Å². The van der Waals surface area contributed by atoms with Crippen molar-refractivity contribution in [2.75, 3.05) is 51.3 Å². The van der Waals surface area contributed by atoms with Crippen molar-refractivity contribution >= 4 is 22.9 Å². The molecule has 0 saturated carbocycles. The Bertz CT molecular complexity index is 739. The fourth-order valence-electron chi connectivity index (χ4n) is 4.08. The Morgan fingerprint density at radius 3 is 2.56 bits per heavy atom. The van der Waals surface area contributed by atoms with Crippen LogP contribution in [-0.2, 0) is 4.79 Å². The maximum atomic E-state index is 12.9. The van der Waals surface area contributed by atoms with Crippen LogP contribution in [0.15, 0.2) is 41.8 Å². The van der Waals surface area contributed by atoms with Crippen molar-refractivity contribution in [3.8, 4) is 5.75 Å². The Morgan fingerprint density at radius 1 is 1.11 bits per heavy atom. The molecule has 2 aliphatic rings. The lowest BCUT2D eigenvalue weighted by Gasteiger charge is -2.36. The summed E-state index contributed by atoms with van der Waals surface area (Å²) in [5.41, 5.74) is 1.22. The topological polar surface area (TPSA) is 36.0 Å². The number of benzene rings is 1. The smallest absolute Gasteiger partial charge is 0.237 e. The monoisotopic (exact) mass is 385 g/mol. The predicted octanol–water partition coefficient (Wildman–Crippen LogP) is 3.24. The van der Waals surface area contributed by atoms with Crippen LogP contribution in [0.25, 0.3) is 0 Å².